The van der Waals surface area contributed by atoms with Gasteiger partial charge < -0.3 is 97.0 Å². The van der Waals surface area contributed by atoms with Crippen molar-refractivity contribution in [2.45, 2.75) is 140 Å². The number of carbonyl (C=O) groups is 8. The number of alkyl carbamates (subject to hydrolysis) is 1. The summed E-state index contributed by atoms with van der Waals surface area (Å²) in [5.74, 6) is -15.4. The van der Waals surface area contributed by atoms with Crippen LogP contribution < -0.4 is 51.4 Å². The molecule has 7 aromatic carbocycles. The molecule has 28 nitrogen and oxygen atoms in total. The molecule has 546 valence electrons. The average molecular weight is 1470 g/mol. The molecule has 7 aromatic rings. The van der Waals surface area contributed by atoms with Crippen molar-refractivity contribution in [2.24, 2.45) is 0 Å². The first-order chi connectivity index (χ1) is 49.4. The van der Waals surface area contributed by atoms with Crippen LogP contribution in [0.4, 0.5) is 4.79 Å². The van der Waals surface area contributed by atoms with Crippen LogP contribution in [0.25, 0.3) is 11.1 Å². The molecule has 30 heteroatoms. The molecule has 13 rings (SSSR count). The van der Waals surface area contributed by atoms with E-state index < -0.39 is 165 Å². The SMILES string of the molecule is CCCCCN(CCCCC)Cc1c(O)cc2c(c1O)-c1cc(ccc1O)[C@@H]1NC(=O)[C@H]3NC(=O)[C@H]4NC(=O)[C@H](Cc5ccc(c(Cl)c5)Oc5cc3cc(c5O)Oc3ccc(cc3Cl)C(O)[C@H](NC1=O)C(=O)N[C@@H]2C(=O)O)NC(=O)[C@H](NC(=O)OC(C)(C)C)c1ccc(O)c(c1)Oc1cc(O)cc4c1. The third kappa shape index (κ3) is 16.3. The summed E-state index contributed by atoms with van der Waals surface area (Å²) in [6.45, 7) is 9.74. The minimum absolute atomic E-state index is 0.00753. The first kappa shape index (κ1) is 74.0. The van der Waals surface area contributed by atoms with E-state index in [1.807, 2.05) is 18.7 Å². The standard InChI is InChI=1S/C74H76Cl2N8O20/c1-6-8-10-20-84(21-11-9-7-2)33-44-50(88)32-43-56(64(44)90)42-26-35(13-16-48(42)86)57-68(94)82-62(71(97)81-61(43)72(98)99)63(89)37-15-19-52(46(76)27-37)103-55-30-39-29-54(65(55)91)102-51-18-12-34(22-45(51)75)23-47-66(92)78-59(69(95)80-60(39)70(96)79-57)38-24-40(85)31-41(25-38)101-53-28-36(14-17-49(53)87)58(67(93)77-47)83-73(100)104-74(3,4)5/h12-19,22,24-32,47,57-63,85-91H,6-11,20-21,23,33H2,1-5H3,(H,77,93)(H,78,92)(H,79,96)(H,80,95)(H,81,97)(H,82,94)(H,83,100)(H,98,99)/t47-,57-,58+,59-,60-,61-,62-,63?/m0/s1. The van der Waals surface area contributed by atoms with Gasteiger partial charge in [0.15, 0.2) is 29.0 Å². The number of fused-ring (bicyclic) bond motifs is 14. The molecule has 0 fully saturated rings. The van der Waals surface area contributed by atoms with Crippen molar-refractivity contribution in [1.29, 1.82) is 0 Å². The first-order valence-electron chi connectivity index (χ1n) is 33.5. The largest absolute Gasteiger partial charge is 0.508 e. The van der Waals surface area contributed by atoms with Crippen LogP contribution in [0, 0.1) is 0 Å². The Morgan fingerprint density at radius 3 is 1.76 bits per heavy atom. The molecule has 6 aliphatic heterocycles. The normalized spacial score (nSPS) is 20.3. The number of phenolic OH excluding ortho intramolecular Hbond substituents is 6. The first-order valence-corrected chi connectivity index (χ1v) is 34.2. The van der Waals surface area contributed by atoms with Crippen molar-refractivity contribution in [2.75, 3.05) is 13.1 Å². The Morgan fingerprint density at radius 1 is 0.558 bits per heavy atom. The average Bonchev–Trinajstić information content (AvgIpc) is 0.751. The lowest BCUT2D eigenvalue weighted by atomic mass is 9.88. The molecule has 15 N–H and O–H groups in total. The van der Waals surface area contributed by atoms with Gasteiger partial charge in [-0.1, -0.05) is 87.0 Å². The van der Waals surface area contributed by atoms with Gasteiger partial charge in [0, 0.05) is 35.7 Å². The maximum absolute atomic E-state index is 16.1. The van der Waals surface area contributed by atoms with Gasteiger partial charge in [-0.05, 0) is 159 Å². The second-order valence-corrected chi connectivity index (χ2v) is 27.5. The molecule has 17 bridgehead atoms. The lowest BCUT2D eigenvalue weighted by Gasteiger charge is -2.31. The second kappa shape index (κ2) is 30.8. The molecular formula is C74H76Cl2N8O20. The zero-order valence-corrected chi connectivity index (χ0v) is 58.3. The third-order valence-corrected chi connectivity index (χ3v) is 18.5. The molecule has 7 amide bonds. The molecular weight excluding hydrogens is 1390 g/mol. The number of aromatic hydroxyl groups is 6. The number of carbonyl (C=O) groups excluding carboxylic acids is 7. The van der Waals surface area contributed by atoms with Crippen LogP contribution in [0.1, 0.15) is 154 Å². The number of carboxylic acids is 1. The van der Waals surface area contributed by atoms with E-state index >= 15 is 24.0 Å². The number of hydrogen-bond donors (Lipinski definition) is 15. The Kier molecular flexibility index (Phi) is 21.9. The number of benzene rings is 7. The van der Waals surface area contributed by atoms with E-state index in [0.717, 1.165) is 99.2 Å². The predicted molar refractivity (Wildman–Crippen MR) is 374 cm³/mol. The van der Waals surface area contributed by atoms with Gasteiger partial charge in [0.25, 0.3) is 0 Å². The Hall–Kier alpha value is -11.2. The summed E-state index contributed by atoms with van der Waals surface area (Å²) in [5.41, 5.74) is -3.39. The second-order valence-electron chi connectivity index (χ2n) is 26.6. The summed E-state index contributed by atoms with van der Waals surface area (Å²) in [6.07, 6.45) is 1.25. The van der Waals surface area contributed by atoms with Gasteiger partial charge in [0.05, 0.1) is 15.6 Å². The number of phenols is 6. The minimum Gasteiger partial charge on any atom is -0.508 e. The number of ether oxygens (including phenoxy) is 4. The summed E-state index contributed by atoms with van der Waals surface area (Å²) in [6, 6.07) is 6.81. The molecule has 8 atom stereocenters. The van der Waals surface area contributed by atoms with Crippen molar-refractivity contribution in [1.82, 2.24) is 42.1 Å². The van der Waals surface area contributed by atoms with Crippen molar-refractivity contribution in [3.63, 3.8) is 0 Å². The van der Waals surface area contributed by atoms with Gasteiger partial charge in [-0.25, -0.2) is 9.59 Å². The quantitative estimate of drug-likeness (QED) is 0.0506. The number of hydrogen-bond acceptors (Lipinski definition) is 20. The van der Waals surface area contributed by atoms with Crippen molar-refractivity contribution >= 4 is 70.7 Å². The number of nitrogens with one attached hydrogen (secondary N) is 7. The summed E-state index contributed by atoms with van der Waals surface area (Å²) >= 11 is 13.9. The van der Waals surface area contributed by atoms with Gasteiger partial charge in [0.1, 0.15) is 88.2 Å². The van der Waals surface area contributed by atoms with Gasteiger partial charge in [0.2, 0.25) is 41.2 Å². The Balaban J connectivity index is 1.12. The fourth-order valence-corrected chi connectivity index (χ4v) is 13.1. The van der Waals surface area contributed by atoms with Crippen LogP contribution in [-0.2, 0) is 51.3 Å². The molecule has 0 saturated heterocycles. The van der Waals surface area contributed by atoms with Crippen LogP contribution >= 0.6 is 23.2 Å². The molecule has 6 heterocycles. The maximum Gasteiger partial charge on any atom is 0.408 e. The summed E-state index contributed by atoms with van der Waals surface area (Å²) in [5, 5.41) is 112. The highest BCUT2D eigenvalue weighted by Crippen LogP contribution is 2.50. The molecule has 0 spiro atoms. The van der Waals surface area contributed by atoms with Crippen molar-refractivity contribution < 1.29 is 98.2 Å². The number of aliphatic hydroxyl groups excluding tert-OH is 1. The fourth-order valence-electron chi connectivity index (χ4n) is 12.7. The molecule has 0 radical (unpaired) electrons. The predicted octanol–water partition coefficient (Wildman–Crippen LogP) is 9.73. The van der Waals surface area contributed by atoms with Crippen molar-refractivity contribution in [3.05, 3.63) is 164 Å². The van der Waals surface area contributed by atoms with Crippen LogP contribution in [0.2, 0.25) is 10.0 Å². The van der Waals surface area contributed by atoms with Gasteiger partial charge in [-0.15, -0.1) is 0 Å². The van der Waals surface area contributed by atoms with Crippen LogP contribution in [0.15, 0.2) is 109 Å². The molecule has 0 aromatic heterocycles. The number of amides is 7. The zero-order valence-electron chi connectivity index (χ0n) is 56.8. The third-order valence-electron chi connectivity index (χ3n) is 17.9. The Morgan fingerprint density at radius 2 is 1.13 bits per heavy atom. The molecule has 0 saturated carbocycles. The van der Waals surface area contributed by atoms with Crippen LogP contribution in [0.3, 0.4) is 0 Å². The lowest BCUT2D eigenvalue weighted by Crippen LogP contribution is -2.55. The minimum atomic E-state index is -2.23. The van der Waals surface area contributed by atoms with Crippen molar-refractivity contribution in [3.8, 4) is 80.1 Å². The highest BCUT2D eigenvalue weighted by Gasteiger charge is 2.42. The molecule has 1 unspecified atom stereocenters. The number of rotatable bonds is 12. The van der Waals surface area contributed by atoms with E-state index in [0.29, 0.717) is 13.1 Å². The van der Waals surface area contributed by atoms with E-state index in [1.54, 1.807) is 20.8 Å². The highest BCUT2D eigenvalue weighted by atomic mass is 35.5. The van der Waals surface area contributed by atoms with Crippen LogP contribution in [0.5, 0.6) is 69.0 Å². The summed E-state index contributed by atoms with van der Waals surface area (Å²) < 4.78 is 24.3. The molecule has 0 aliphatic carbocycles. The number of halogens is 2. The smallest absolute Gasteiger partial charge is 0.408 e. The Bertz CT molecular complexity index is 4580. The number of carboxylic acid groups (broad SMARTS) is 1. The number of nitrogens with zero attached hydrogens (tertiary/aromatic N) is 1. The van der Waals surface area contributed by atoms with E-state index in [2.05, 4.69) is 37.2 Å². The van der Waals surface area contributed by atoms with E-state index in [-0.39, 0.29) is 84.1 Å². The van der Waals surface area contributed by atoms with Gasteiger partial charge in [-0.3, -0.25) is 33.7 Å². The van der Waals surface area contributed by atoms with Crippen LogP contribution in [-0.4, -0.2) is 124 Å². The van der Waals surface area contributed by atoms with Gasteiger partial charge >= 0.3 is 12.1 Å². The van der Waals surface area contributed by atoms with E-state index in [9.17, 15) is 55.2 Å². The zero-order chi connectivity index (χ0) is 74.7. The maximum atomic E-state index is 16.1. The monoisotopic (exact) mass is 1470 g/mol. The number of unbranched alkanes of at least 4 members (excludes halogenated alkanes) is 4. The topological polar surface area (TPSA) is 423 Å². The lowest BCUT2D eigenvalue weighted by molar-refractivity contribution is -0.143. The number of aliphatic hydroxyl groups is 1. The summed E-state index contributed by atoms with van der Waals surface area (Å²) in [4.78, 5) is 122. The van der Waals surface area contributed by atoms with E-state index in [4.69, 9.17) is 42.1 Å². The number of aliphatic carboxylic acids is 1. The van der Waals surface area contributed by atoms with Gasteiger partial charge in [-0.2, -0.15) is 0 Å². The van der Waals surface area contributed by atoms with E-state index in [1.165, 1.54) is 48.5 Å². The Labute approximate surface area is 605 Å². The molecule has 104 heavy (non-hydrogen) atoms. The fraction of sp³-hybridized carbons (Fsp3) is 0.324. The molecule has 6 aliphatic rings. The highest BCUT2D eigenvalue weighted by molar-refractivity contribution is 6.32. The summed E-state index contributed by atoms with van der Waals surface area (Å²) in [7, 11) is 0.